The number of urea groups is 1. The maximum absolute atomic E-state index is 12.1. The van der Waals surface area contributed by atoms with E-state index in [-0.39, 0.29) is 6.03 Å². The standard InChI is InChI=1S/C13H16N4O2/c1-19-12-4-2-3-10(7-12)16-13(18)17-6-5-15-9-11(17)8-14/h2-4,7,11,15H,5-6,9H2,1H3,(H,16,18). The van der Waals surface area contributed by atoms with Gasteiger partial charge in [0, 0.05) is 31.4 Å². The van der Waals surface area contributed by atoms with E-state index in [1.165, 1.54) is 4.90 Å². The largest absolute Gasteiger partial charge is 0.497 e. The van der Waals surface area contributed by atoms with E-state index in [0.29, 0.717) is 31.1 Å². The number of carbonyl (C=O) groups excluding carboxylic acids is 1. The Morgan fingerprint density at radius 1 is 1.63 bits per heavy atom. The molecule has 0 radical (unpaired) electrons. The second-order valence-corrected chi connectivity index (χ2v) is 4.20. The summed E-state index contributed by atoms with van der Waals surface area (Å²) in [6.45, 7) is 1.72. The van der Waals surface area contributed by atoms with Gasteiger partial charge < -0.3 is 20.3 Å². The lowest BCUT2D eigenvalue weighted by molar-refractivity contribution is 0.188. The van der Waals surface area contributed by atoms with Crippen LogP contribution in [0.4, 0.5) is 10.5 Å². The predicted molar refractivity (Wildman–Crippen MR) is 71.0 cm³/mol. The molecule has 1 aromatic carbocycles. The quantitative estimate of drug-likeness (QED) is 0.832. The maximum Gasteiger partial charge on any atom is 0.323 e. The summed E-state index contributed by atoms with van der Waals surface area (Å²) < 4.78 is 5.10. The van der Waals surface area contributed by atoms with Gasteiger partial charge in [0.2, 0.25) is 0 Å². The number of nitriles is 1. The molecule has 0 aliphatic carbocycles. The lowest BCUT2D eigenvalue weighted by Crippen LogP contribution is -2.54. The molecule has 2 N–H and O–H groups in total. The summed E-state index contributed by atoms with van der Waals surface area (Å²) >= 11 is 0. The molecule has 1 unspecified atom stereocenters. The third-order valence-corrected chi connectivity index (χ3v) is 2.97. The van der Waals surface area contributed by atoms with Gasteiger partial charge in [-0.05, 0) is 12.1 Å². The number of hydrogen-bond acceptors (Lipinski definition) is 4. The number of amides is 2. The second kappa shape index (κ2) is 6.07. The lowest BCUT2D eigenvalue weighted by atomic mass is 10.2. The normalized spacial score (nSPS) is 18.5. The van der Waals surface area contributed by atoms with Crippen molar-refractivity contribution in [1.82, 2.24) is 10.2 Å². The molecule has 100 valence electrons. The number of hydrogen-bond donors (Lipinski definition) is 2. The molecule has 1 fully saturated rings. The second-order valence-electron chi connectivity index (χ2n) is 4.20. The molecule has 2 amide bonds. The molecule has 0 bridgehead atoms. The Kier molecular flexibility index (Phi) is 4.21. The Labute approximate surface area is 112 Å². The van der Waals surface area contributed by atoms with Gasteiger partial charge in [0.15, 0.2) is 0 Å². The molecule has 6 nitrogen and oxygen atoms in total. The molecule has 0 aromatic heterocycles. The number of methoxy groups -OCH3 is 1. The molecule has 19 heavy (non-hydrogen) atoms. The van der Waals surface area contributed by atoms with Crippen LogP contribution in [0.15, 0.2) is 24.3 Å². The van der Waals surface area contributed by atoms with Gasteiger partial charge in [-0.25, -0.2) is 4.79 Å². The Morgan fingerprint density at radius 2 is 2.47 bits per heavy atom. The summed E-state index contributed by atoms with van der Waals surface area (Å²) in [7, 11) is 1.57. The molecule has 2 rings (SSSR count). The summed E-state index contributed by atoms with van der Waals surface area (Å²) in [5, 5.41) is 14.9. The summed E-state index contributed by atoms with van der Waals surface area (Å²) in [5.74, 6) is 0.676. The zero-order valence-corrected chi connectivity index (χ0v) is 10.7. The third kappa shape index (κ3) is 3.14. The predicted octanol–water partition coefficient (Wildman–Crippen LogP) is 1.02. The number of rotatable bonds is 2. The van der Waals surface area contributed by atoms with Gasteiger partial charge in [0.05, 0.1) is 13.2 Å². The Balaban J connectivity index is 2.05. The highest BCUT2D eigenvalue weighted by Crippen LogP contribution is 2.17. The van der Waals surface area contributed by atoms with Crippen molar-refractivity contribution in [3.8, 4) is 11.8 Å². The van der Waals surface area contributed by atoms with Crippen molar-refractivity contribution in [2.45, 2.75) is 6.04 Å². The Bertz CT molecular complexity index is 498. The van der Waals surface area contributed by atoms with Crippen molar-refractivity contribution in [1.29, 1.82) is 5.26 Å². The van der Waals surface area contributed by atoms with Gasteiger partial charge in [-0.2, -0.15) is 5.26 Å². The average Bonchev–Trinajstić information content (AvgIpc) is 2.47. The SMILES string of the molecule is COc1cccc(NC(=O)N2CCNCC2C#N)c1. The zero-order chi connectivity index (χ0) is 13.7. The molecule has 1 aliphatic heterocycles. The van der Waals surface area contributed by atoms with Gasteiger partial charge in [-0.1, -0.05) is 6.07 Å². The van der Waals surface area contributed by atoms with Crippen LogP contribution in [0.3, 0.4) is 0 Å². The highest BCUT2D eigenvalue weighted by Gasteiger charge is 2.26. The first-order valence-electron chi connectivity index (χ1n) is 6.06. The minimum atomic E-state index is -0.431. The minimum absolute atomic E-state index is 0.263. The molecule has 0 spiro atoms. The first-order valence-corrected chi connectivity index (χ1v) is 6.06. The average molecular weight is 260 g/mol. The Morgan fingerprint density at radius 3 is 3.21 bits per heavy atom. The van der Waals surface area contributed by atoms with Gasteiger partial charge >= 0.3 is 6.03 Å². The molecule has 1 aliphatic rings. The topological polar surface area (TPSA) is 77.4 Å². The Hall–Kier alpha value is -2.26. The summed E-state index contributed by atoms with van der Waals surface area (Å²) in [5.41, 5.74) is 0.652. The maximum atomic E-state index is 12.1. The molecule has 1 atom stereocenters. The van der Waals surface area contributed by atoms with E-state index in [1.807, 2.05) is 0 Å². The third-order valence-electron chi connectivity index (χ3n) is 2.97. The first-order chi connectivity index (χ1) is 9.24. The minimum Gasteiger partial charge on any atom is -0.497 e. The van der Waals surface area contributed by atoms with E-state index < -0.39 is 6.04 Å². The van der Waals surface area contributed by atoms with Crippen molar-refractivity contribution in [2.75, 3.05) is 32.1 Å². The van der Waals surface area contributed by atoms with E-state index in [0.717, 1.165) is 0 Å². The van der Waals surface area contributed by atoms with E-state index in [9.17, 15) is 4.79 Å². The van der Waals surface area contributed by atoms with Crippen molar-refractivity contribution in [3.05, 3.63) is 24.3 Å². The van der Waals surface area contributed by atoms with Gasteiger partial charge in [0.1, 0.15) is 11.8 Å². The molecule has 0 saturated carbocycles. The van der Waals surface area contributed by atoms with Crippen molar-refractivity contribution in [3.63, 3.8) is 0 Å². The van der Waals surface area contributed by atoms with E-state index in [2.05, 4.69) is 16.7 Å². The van der Waals surface area contributed by atoms with Crippen LogP contribution in [0.5, 0.6) is 5.75 Å². The summed E-state index contributed by atoms with van der Waals surface area (Å²) in [4.78, 5) is 13.7. The zero-order valence-electron chi connectivity index (χ0n) is 10.7. The number of ether oxygens (including phenoxy) is 1. The molecule has 6 heteroatoms. The fourth-order valence-corrected chi connectivity index (χ4v) is 1.96. The molecule has 1 aromatic rings. The lowest BCUT2D eigenvalue weighted by Gasteiger charge is -2.31. The first kappa shape index (κ1) is 13.2. The van der Waals surface area contributed by atoms with E-state index in [4.69, 9.17) is 10.00 Å². The molecule has 1 saturated heterocycles. The van der Waals surface area contributed by atoms with Crippen LogP contribution in [0, 0.1) is 11.3 Å². The van der Waals surface area contributed by atoms with Gasteiger partial charge in [-0.15, -0.1) is 0 Å². The van der Waals surface area contributed by atoms with Crippen LogP contribution >= 0.6 is 0 Å². The van der Waals surface area contributed by atoms with Gasteiger partial charge in [-0.3, -0.25) is 0 Å². The number of anilines is 1. The van der Waals surface area contributed by atoms with Crippen LogP contribution in [0.2, 0.25) is 0 Å². The monoisotopic (exact) mass is 260 g/mol. The van der Waals surface area contributed by atoms with E-state index >= 15 is 0 Å². The smallest absolute Gasteiger partial charge is 0.323 e. The van der Waals surface area contributed by atoms with Crippen LogP contribution in [-0.4, -0.2) is 43.7 Å². The van der Waals surface area contributed by atoms with Crippen LogP contribution in [0.25, 0.3) is 0 Å². The molecule has 1 heterocycles. The number of nitrogens with one attached hydrogen (secondary N) is 2. The van der Waals surface area contributed by atoms with Crippen molar-refractivity contribution in [2.24, 2.45) is 0 Å². The highest BCUT2D eigenvalue weighted by molar-refractivity contribution is 5.90. The van der Waals surface area contributed by atoms with Crippen LogP contribution in [0.1, 0.15) is 0 Å². The molecular formula is C13H16N4O2. The fraction of sp³-hybridized carbons (Fsp3) is 0.385. The fourth-order valence-electron chi connectivity index (χ4n) is 1.96. The van der Waals surface area contributed by atoms with Crippen molar-refractivity contribution < 1.29 is 9.53 Å². The van der Waals surface area contributed by atoms with Crippen LogP contribution < -0.4 is 15.4 Å². The number of carbonyl (C=O) groups is 1. The summed E-state index contributed by atoms with van der Waals surface area (Å²) in [6, 6.07) is 8.55. The summed E-state index contributed by atoms with van der Waals surface area (Å²) in [6.07, 6.45) is 0. The molecular weight excluding hydrogens is 244 g/mol. The number of benzene rings is 1. The van der Waals surface area contributed by atoms with Crippen LogP contribution in [-0.2, 0) is 0 Å². The highest BCUT2D eigenvalue weighted by atomic mass is 16.5. The number of piperazine rings is 1. The number of nitrogens with zero attached hydrogens (tertiary/aromatic N) is 2. The van der Waals surface area contributed by atoms with E-state index in [1.54, 1.807) is 31.4 Å². The van der Waals surface area contributed by atoms with Crippen molar-refractivity contribution >= 4 is 11.7 Å². The van der Waals surface area contributed by atoms with Gasteiger partial charge in [0.25, 0.3) is 0 Å².